The number of hydrogen-bond donors (Lipinski definition) is 0. The molecule has 10 heteroatoms. The molecule has 0 unspecified atom stereocenters. The van der Waals surface area contributed by atoms with Crippen LogP contribution in [0.5, 0.6) is 0 Å². The molecule has 0 heterocycles. The molecule has 0 atom stereocenters. The highest BCUT2D eigenvalue weighted by atomic mass is 127. The maximum Gasteiger partial charge on any atom is 0.340 e. The van der Waals surface area contributed by atoms with Gasteiger partial charge in [0.2, 0.25) is 0 Å². The van der Waals surface area contributed by atoms with Crippen LogP contribution in [-0.4, -0.2) is 24.5 Å². The van der Waals surface area contributed by atoms with Crippen molar-refractivity contribution in [3.05, 3.63) is 25.9 Å². The van der Waals surface area contributed by atoms with Crippen LogP contribution in [0.3, 0.4) is 0 Å². The van der Waals surface area contributed by atoms with E-state index in [0.29, 0.717) is 7.14 Å². The number of rotatable bonds is 4. The third kappa shape index (κ3) is 4.47. The van der Waals surface area contributed by atoms with E-state index in [-0.39, 0.29) is 5.56 Å². The van der Waals surface area contributed by atoms with Gasteiger partial charge in [-0.3, -0.25) is 0 Å². The lowest BCUT2D eigenvalue weighted by Crippen LogP contribution is -2.45. The summed E-state index contributed by atoms with van der Waals surface area (Å²) < 4.78 is 32.7. The van der Waals surface area contributed by atoms with Gasteiger partial charge in [0.05, 0.1) is 5.56 Å². The zero-order valence-corrected chi connectivity index (χ0v) is 17.8. The van der Waals surface area contributed by atoms with Gasteiger partial charge in [-0.15, -0.1) is 0 Å². The number of carboxylic acids is 1. The highest BCUT2D eigenvalue weighted by Gasteiger charge is 2.34. The van der Waals surface area contributed by atoms with Gasteiger partial charge in [0, 0.05) is 14.3 Å². The third-order valence-electron chi connectivity index (χ3n) is 2.00. The average Bonchev–Trinajstić information content (AvgIpc) is 2.34. The molecule has 0 spiro atoms. The lowest BCUT2D eigenvalue weighted by molar-refractivity contribution is -0.331. The second kappa shape index (κ2) is 7.47. The molecule has 1 aromatic carbocycles. The van der Waals surface area contributed by atoms with Crippen molar-refractivity contribution in [2.24, 2.45) is 0 Å². The first kappa shape index (κ1) is 19.0. The van der Waals surface area contributed by atoms with Crippen LogP contribution in [0, 0.1) is 14.3 Å². The second-order valence-electron chi connectivity index (χ2n) is 3.41. The van der Waals surface area contributed by atoms with E-state index >= 15 is 0 Å². The first-order chi connectivity index (χ1) is 9.08. The number of esters is 1. The SMILES string of the molecule is O=C(OCC(F)(F)C(=O)[O-])c1c(I)c(I)cc(I)c1I. The van der Waals surface area contributed by atoms with Crippen molar-refractivity contribution in [1.82, 2.24) is 0 Å². The van der Waals surface area contributed by atoms with Gasteiger partial charge in [0.25, 0.3) is 0 Å². The summed E-state index contributed by atoms with van der Waals surface area (Å²) in [4.78, 5) is 22.0. The number of hydrogen-bond acceptors (Lipinski definition) is 4. The van der Waals surface area contributed by atoms with Gasteiger partial charge < -0.3 is 14.6 Å². The number of aliphatic carboxylic acids is 1. The van der Waals surface area contributed by atoms with Gasteiger partial charge >= 0.3 is 11.9 Å². The molecule has 0 aliphatic carbocycles. The van der Waals surface area contributed by atoms with Crippen molar-refractivity contribution < 1.29 is 28.2 Å². The third-order valence-corrected chi connectivity index (χ3v) is 8.01. The number of halogens is 6. The summed E-state index contributed by atoms with van der Waals surface area (Å²) in [5.41, 5.74) is 0.150. The van der Waals surface area contributed by atoms with E-state index < -0.39 is 24.5 Å². The first-order valence-electron chi connectivity index (χ1n) is 4.67. The van der Waals surface area contributed by atoms with Crippen LogP contribution in [0.15, 0.2) is 6.07 Å². The van der Waals surface area contributed by atoms with E-state index in [9.17, 15) is 23.5 Å². The Morgan fingerprint density at radius 2 is 1.60 bits per heavy atom. The van der Waals surface area contributed by atoms with Gasteiger partial charge in [-0.2, -0.15) is 8.78 Å². The number of carbonyl (C=O) groups is 2. The summed E-state index contributed by atoms with van der Waals surface area (Å²) in [6.07, 6.45) is 0. The number of carbonyl (C=O) groups excluding carboxylic acids is 2. The van der Waals surface area contributed by atoms with E-state index in [1.165, 1.54) is 0 Å². The number of alkyl halides is 2. The Labute approximate surface area is 167 Å². The molecule has 0 bridgehead atoms. The predicted octanol–water partition coefficient (Wildman–Crippen LogP) is 2.65. The summed E-state index contributed by atoms with van der Waals surface area (Å²) >= 11 is 7.82. The van der Waals surface area contributed by atoms with Crippen LogP contribution in [0.2, 0.25) is 0 Å². The van der Waals surface area contributed by atoms with Crippen LogP contribution in [-0.2, 0) is 9.53 Å². The molecular formula is C10H3F2I4O4-. The van der Waals surface area contributed by atoms with E-state index in [2.05, 4.69) is 4.74 Å². The molecule has 0 radical (unpaired) electrons. The van der Waals surface area contributed by atoms with Gasteiger partial charge in [0.1, 0.15) is 5.97 Å². The molecule has 4 nitrogen and oxygen atoms in total. The highest BCUT2D eigenvalue weighted by Crippen LogP contribution is 2.29. The fraction of sp³-hybridized carbons (Fsp3) is 0.200. The van der Waals surface area contributed by atoms with Crippen molar-refractivity contribution >= 4 is 102 Å². The minimum absolute atomic E-state index is 0.150. The molecule has 20 heavy (non-hydrogen) atoms. The summed E-state index contributed by atoms with van der Waals surface area (Å²) in [5, 5.41) is 10.2. The molecule has 0 saturated carbocycles. The topological polar surface area (TPSA) is 66.4 Å². The van der Waals surface area contributed by atoms with E-state index in [1.807, 2.05) is 96.4 Å². The smallest absolute Gasteiger partial charge is 0.340 e. The summed E-state index contributed by atoms with van der Waals surface area (Å²) in [6.45, 7) is -1.55. The fourth-order valence-corrected chi connectivity index (χ4v) is 4.60. The Bertz CT molecular complexity index is 551. The zero-order valence-electron chi connectivity index (χ0n) is 9.19. The fourth-order valence-electron chi connectivity index (χ4n) is 1.04. The maximum atomic E-state index is 12.8. The van der Waals surface area contributed by atoms with Crippen molar-refractivity contribution in [2.75, 3.05) is 6.61 Å². The lowest BCUT2D eigenvalue weighted by atomic mass is 10.2. The Balaban J connectivity index is 3.03. The van der Waals surface area contributed by atoms with E-state index in [4.69, 9.17) is 0 Å². The molecule has 0 aromatic heterocycles. The van der Waals surface area contributed by atoms with E-state index in [0.717, 1.165) is 7.14 Å². The lowest BCUT2D eigenvalue weighted by Gasteiger charge is -2.18. The quantitative estimate of drug-likeness (QED) is 0.272. The Hall–Kier alpha value is 0.940. The molecule has 0 N–H and O–H groups in total. The molecule has 0 fully saturated rings. The number of carboxylic acid groups (broad SMARTS) is 1. The van der Waals surface area contributed by atoms with Crippen LogP contribution in [0.1, 0.15) is 10.4 Å². The molecule has 0 aliphatic heterocycles. The van der Waals surface area contributed by atoms with Crippen LogP contribution in [0.25, 0.3) is 0 Å². The minimum Gasteiger partial charge on any atom is -0.544 e. The van der Waals surface area contributed by atoms with Crippen LogP contribution in [0.4, 0.5) is 8.78 Å². The number of ether oxygens (including phenoxy) is 1. The summed E-state index contributed by atoms with van der Waals surface area (Å²) in [6, 6.07) is 1.83. The van der Waals surface area contributed by atoms with Crippen LogP contribution < -0.4 is 5.11 Å². The molecule has 0 aliphatic rings. The average molecular weight is 733 g/mol. The molecule has 0 amide bonds. The summed E-state index contributed by atoms with van der Waals surface area (Å²) in [5.74, 6) is -7.77. The molecule has 1 aromatic rings. The van der Waals surface area contributed by atoms with Gasteiger partial charge in [0.15, 0.2) is 6.61 Å². The molecule has 110 valence electrons. The Kier molecular flexibility index (Phi) is 7.09. The molecule has 1 rings (SSSR count). The van der Waals surface area contributed by atoms with Crippen molar-refractivity contribution in [2.45, 2.75) is 5.92 Å². The second-order valence-corrected chi connectivity index (χ2v) is 7.89. The first-order valence-corrected chi connectivity index (χ1v) is 8.98. The van der Waals surface area contributed by atoms with Crippen molar-refractivity contribution in [3.8, 4) is 0 Å². The van der Waals surface area contributed by atoms with Crippen LogP contribution >= 0.6 is 90.4 Å². The minimum atomic E-state index is -4.21. The van der Waals surface area contributed by atoms with Crippen molar-refractivity contribution in [1.29, 1.82) is 0 Å². The highest BCUT2D eigenvalue weighted by molar-refractivity contribution is 14.1. The predicted molar refractivity (Wildman–Crippen MR) is 97.5 cm³/mol. The van der Waals surface area contributed by atoms with Gasteiger partial charge in [-0.05, 0) is 96.4 Å². The maximum absolute atomic E-state index is 12.8. The normalized spacial score (nSPS) is 11.3. The van der Waals surface area contributed by atoms with E-state index in [1.54, 1.807) is 0 Å². The largest absolute Gasteiger partial charge is 0.544 e. The van der Waals surface area contributed by atoms with Crippen molar-refractivity contribution in [3.63, 3.8) is 0 Å². The standard InChI is InChI=1S/C10H4F2I4O4/c11-10(12,9(18)19)2-20-8(17)5-6(15)3(13)1-4(14)7(5)16/h1H,2H2,(H,18,19)/p-1. The van der Waals surface area contributed by atoms with Gasteiger partial charge in [-0.25, -0.2) is 4.79 Å². The Morgan fingerprint density at radius 3 is 2.00 bits per heavy atom. The number of benzene rings is 1. The molecule has 0 saturated heterocycles. The van der Waals surface area contributed by atoms with Gasteiger partial charge in [-0.1, -0.05) is 0 Å². The zero-order chi connectivity index (χ0) is 15.7. The molecular weight excluding hydrogens is 730 g/mol. The Morgan fingerprint density at radius 1 is 1.15 bits per heavy atom. The monoisotopic (exact) mass is 733 g/mol. The summed E-state index contributed by atoms with van der Waals surface area (Å²) in [7, 11) is 0.